The van der Waals surface area contributed by atoms with E-state index in [4.69, 9.17) is 20.5 Å². The van der Waals surface area contributed by atoms with Crippen LogP contribution in [-0.2, 0) is 9.05 Å². The number of aromatic carboxylic acids is 1. The summed E-state index contributed by atoms with van der Waals surface area (Å²) in [5.74, 6) is -1.84. The lowest BCUT2D eigenvalue weighted by atomic mass is 10.2. The summed E-state index contributed by atoms with van der Waals surface area (Å²) in [6, 6.07) is 2.65. The van der Waals surface area contributed by atoms with Gasteiger partial charge in [-0.2, -0.15) is 13.2 Å². The molecule has 0 amide bonds. The largest absolute Gasteiger partial charge is 0.492 e. The van der Waals surface area contributed by atoms with Gasteiger partial charge in [0.1, 0.15) is 10.6 Å². The molecule has 1 N–H and O–H groups in total. The molecule has 0 aliphatic heterocycles. The van der Waals surface area contributed by atoms with E-state index in [1.54, 1.807) is 0 Å². The van der Waals surface area contributed by atoms with E-state index in [1.807, 2.05) is 0 Å². The molecule has 1 aromatic rings. The Labute approximate surface area is 116 Å². The maximum absolute atomic E-state index is 12.0. The second kappa shape index (κ2) is 5.88. The van der Waals surface area contributed by atoms with Crippen molar-refractivity contribution in [2.45, 2.75) is 17.5 Å². The molecule has 20 heavy (non-hydrogen) atoms. The summed E-state index contributed by atoms with van der Waals surface area (Å²) in [5.41, 5.74) is -0.382. The van der Waals surface area contributed by atoms with Crippen LogP contribution in [0.3, 0.4) is 0 Å². The third kappa shape index (κ3) is 4.89. The van der Waals surface area contributed by atoms with Crippen molar-refractivity contribution in [3.05, 3.63) is 23.8 Å². The van der Waals surface area contributed by atoms with Crippen molar-refractivity contribution in [2.75, 3.05) is 6.61 Å². The number of benzene rings is 1. The summed E-state index contributed by atoms with van der Waals surface area (Å²) < 4.78 is 63.1. The van der Waals surface area contributed by atoms with E-state index in [-0.39, 0.29) is 5.56 Å². The number of rotatable bonds is 5. The first-order chi connectivity index (χ1) is 9.00. The van der Waals surface area contributed by atoms with E-state index >= 15 is 0 Å². The summed E-state index contributed by atoms with van der Waals surface area (Å²) in [6.45, 7) is -0.810. The molecule has 0 unspecified atom stereocenters. The van der Waals surface area contributed by atoms with Crippen LogP contribution in [0, 0.1) is 0 Å². The van der Waals surface area contributed by atoms with Gasteiger partial charge in [-0.15, -0.1) is 0 Å². The molecule has 0 heterocycles. The van der Waals surface area contributed by atoms with Gasteiger partial charge < -0.3 is 9.84 Å². The normalized spacial score (nSPS) is 12.2. The molecule has 0 bridgehead atoms. The van der Waals surface area contributed by atoms with Crippen LogP contribution < -0.4 is 4.74 Å². The van der Waals surface area contributed by atoms with Crippen molar-refractivity contribution in [2.24, 2.45) is 0 Å². The molecular weight excluding hydrogens is 325 g/mol. The fourth-order valence-electron chi connectivity index (χ4n) is 1.23. The molecule has 10 heteroatoms. The number of carboxylic acid groups (broad SMARTS) is 1. The fraction of sp³-hybridized carbons (Fsp3) is 0.300. The quantitative estimate of drug-likeness (QED) is 0.838. The van der Waals surface area contributed by atoms with Gasteiger partial charge in [0.25, 0.3) is 9.05 Å². The molecule has 112 valence electrons. The highest BCUT2D eigenvalue weighted by Gasteiger charge is 2.27. The number of hydrogen-bond acceptors (Lipinski definition) is 4. The smallest absolute Gasteiger partial charge is 0.392 e. The first-order valence-electron chi connectivity index (χ1n) is 5.02. The minimum atomic E-state index is -4.46. The molecule has 0 aromatic heterocycles. The Hall–Kier alpha value is -1.48. The van der Waals surface area contributed by atoms with Gasteiger partial charge in [-0.3, -0.25) is 0 Å². The zero-order valence-electron chi connectivity index (χ0n) is 9.65. The molecule has 0 aliphatic carbocycles. The zero-order chi connectivity index (χ0) is 15.6. The summed E-state index contributed by atoms with van der Waals surface area (Å²) in [4.78, 5) is 10.0. The number of alkyl halides is 3. The van der Waals surface area contributed by atoms with Gasteiger partial charge >= 0.3 is 12.1 Å². The Morgan fingerprint density at radius 2 is 1.95 bits per heavy atom. The number of ether oxygens (including phenoxy) is 1. The first kappa shape index (κ1) is 16.6. The molecule has 5 nitrogen and oxygen atoms in total. The molecule has 0 atom stereocenters. The maximum Gasteiger partial charge on any atom is 0.392 e. The molecule has 1 rings (SSSR count). The van der Waals surface area contributed by atoms with Crippen LogP contribution in [0.4, 0.5) is 13.2 Å². The lowest BCUT2D eigenvalue weighted by Crippen LogP contribution is -2.14. The van der Waals surface area contributed by atoms with Gasteiger partial charge in [0.2, 0.25) is 0 Å². The summed E-state index contributed by atoms with van der Waals surface area (Å²) in [6.07, 6.45) is -5.74. The van der Waals surface area contributed by atoms with Crippen molar-refractivity contribution < 1.29 is 36.2 Å². The van der Waals surface area contributed by atoms with Crippen LogP contribution in [0.15, 0.2) is 23.1 Å². The predicted octanol–water partition coefficient (Wildman–Crippen LogP) is 2.64. The monoisotopic (exact) mass is 332 g/mol. The third-order valence-electron chi connectivity index (χ3n) is 2.10. The average Bonchev–Trinajstić information content (AvgIpc) is 2.25. The second-order valence-corrected chi connectivity index (χ2v) is 6.15. The number of carbonyl (C=O) groups is 1. The van der Waals surface area contributed by atoms with E-state index in [0.29, 0.717) is 6.07 Å². The lowest BCUT2D eigenvalue weighted by Gasteiger charge is -2.11. The van der Waals surface area contributed by atoms with Crippen molar-refractivity contribution >= 4 is 25.7 Å². The zero-order valence-corrected chi connectivity index (χ0v) is 11.2. The summed E-state index contributed by atoms with van der Waals surface area (Å²) >= 11 is 0. The van der Waals surface area contributed by atoms with Crippen LogP contribution >= 0.6 is 10.7 Å². The van der Waals surface area contributed by atoms with Crippen LogP contribution in [0.5, 0.6) is 5.75 Å². The Morgan fingerprint density at radius 1 is 1.35 bits per heavy atom. The van der Waals surface area contributed by atoms with Crippen LogP contribution in [0.1, 0.15) is 16.8 Å². The van der Waals surface area contributed by atoms with Crippen molar-refractivity contribution in [1.82, 2.24) is 0 Å². The first-order valence-corrected chi connectivity index (χ1v) is 7.33. The third-order valence-corrected chi connectivity index (χ3v) is 3.44. The van der Waals surface area contributed by atoms with Gasteiger partial charge in [0.05, 0.1) is 18.6 Å². The predicted molar refractivity (Wildman–Crippen MR) is 62.6 cm³/mol. The highest BCUT2D eigenvalue weighted by atomic mass is 35.7. The Bertz CT molecular complexity index is 612. The molecule has 0 aliphatic rings. The van der Waals surface area contributed by atoms with E-state index in [9.17, 15) is 26.4 Å². The van der Waals surface area contributed by atoms with Gasteiger partial charge in [0.15, 0.2) is 0 Å². The Balaban J connectivity index is 3.04. The average molecular weight is 333 g/mol. The van der Waals surface area contributed by atoms with Crippen molar-refractivity contribution in [1.29, 1.82) is 0 Å². The number of carboxylic acids is 1. The van der Waals surface area contributed by atoms with E-state index in [1.165, 1.54) is 0 Å². The molecule has 0 fully saturated rings. The highest BCUT2D eigenvalue weighted by molar-refractivity contribution is 8.13. The number of halogens is 4. The highest BCUT2D eigenvalue weighted by Crippen LogP contribution is 2.29. The standard InChI is InChI=1S/C10H8ClF3O5S/c11-20(17,18)8-5-6(9(15)16)1-2-7(8)19-4-3-10(12,13)14/h1-2,5H,3-4H2,(H,15,16). The van der Waals surface area contributed by atoms with E-state index < -0.39 is 44.9 Å². The van der Waals surface area contributed by atoms with Gasteiger partial charge in [-0.25, -0.2) is 13.2 Å². The topological polar surface area (TPSA) is 80.7 Å². The van der Waals surface area contributed by atoms with Crippen LogP contribution in [0.2, 0.25) is 0 Å². The van der Waals surface area contributed by atoms with Gasteiger partial charge in [-0.05, 0) is 18.2 Å². The molecule has 0 radical (unpaired) electrons. The van der Waals surface area contributed by atoms with Crippen molar-refractivity contribution in [3.8, 4) is 5.75 Å². The molecular formula is C10H8ClF3O5S. The van der Waals surface area contributed by atoms with Crippen LogP contribution in [0.25, 0.3) is 0 Å². The fourth-order valence-corrected chi connectivity index (χ4v) is 2.22. The molecule has 0 spiro atoms. The van der Waals surface area contributed by atoms with Gasteiger partial charge in [0, 0.05) is 10.7 Å². The Kier molecular flexibility index (Phi) is 4.87. The lowest BCUT2D eigenvalue weighted by molar-refractivity contribution is -0.139. The molecule has 0 saturated carbocycles. The second-order valence-electron chi connectivity index (χ2n) is 3.62. The summed E-state index contributed by atoms with van der Waals surface area (Å²) in [5, 5.41) is 8.72. The Morgan fingerprint density at radius 3 is 2.40 bits per heavy atom. The molecule has 1 aromatic carbocycles. The van der Waals surface area contributed by atoms with E-state index in [0.717, 1.165) is 12.1 Å². The van der Waals surface area contributed by atoms with Crippen LogP contribution in [-0.4, -0.2) is 32.3 Å². The number of hydrogen-bond donors (Lipinski definition) is 1. The van der Waals surface area contributed by atoms with Crippen molar-refractivity contribution in [3.63, 3.8) is 0 Å². The SMILES string of the molecule is O=C(O)c1ccc(OCCC(F)(F)F)c(S(=O)(=O)Cl)c1. The molecule has 0 saturated heterocycles. The summed E-state index contributed by atoms with van der Waals surface area (Å²) in [7, 11) is 0.734. The van der Waals surface area contributed by atoms with Gasteiger partial charge in [-0.1, -0.05) is 0 Å². The minimum absolute atomic E-state index is 0.382. The maximum atomic E-state index is 12.0. The minimum Gasteiger partial charge on any atom is -0.492 e. The van der Waals surface area contributed by atoms with E-state index in [2.05, 4.69) is 0 Å².